The van der Waals surface area contributed by atoms with Crippen LogP contribution in [0.1, 0.15) is 12.6 Å². The first-order valence-electron chi connectivity index (χ1n) is 8.35. The first-order chi connectivity index (χ1) is 13.9. The van der Waals surface area contributed by atoms with Crippen molar-refractivity contribution in [2.24, 2.45) is 0 Å². The van der Waals surface area contributed by atoms with Gasteiger partial charge in [0.25, 0.3) is 0 Å². The molecule has 0 fully saturated rings. The van der Waals surface area contributed by atoms with Crippen molar-refractivity contribution in [3.63, 3.8) is 0 Å². The fourth-order valence-corrected chi connectivity index (χ4v) is 3.46. The summed E-state index contributed by atoms with van der Waals surface area (Å²) in [6, 6.07) is 9.99. The fraction of sp³-hybridized carbons (Fsp3) is 0.158. The molecule has 0 bridgehead atoms. The first kappa shape index (κ1) is 20.2. The number of carbonyl (C=O) groups is 1. The van der Waals surface area contributed by atoms with Crippen molar-refractivity contribution < 1.29 is 23.6 Å². The molecule has 1 aromatic heterocycles. The highest BCUT2D eigenvalue weighted by molar-refractivity contribution is 7.14. The Morgan fingerprint density at radius 1 is 1.28 bits per heavy atom. The van der Waals surface area contributed by atoms with Gasteiger partial charge in [0.05, 0.1) is 23.4 Å². The van der Waals surface area contributed by atoms with Crippen LogP contribution in [0, 0.1) is 15.9 Å². The van der Waals surface area contributed by atoms with Crippen LogP contribution in [0.2, 0.25) is 0 Å². The third kappa shape index (κ3) is 4.49. The highest BCUT2D eigenvalue weighted by atomic mass is 32.1. The van der Waals surface area contributed by atoms with Gasteiger partial charge in [-0.3, -0.25) is 19.8 Å². The Labute approximate surface area is 169 Å². The standard InChI is InChI=1S/C19H16FN3O5S/c1-12(24)22(15-5-3-4-6-17(15)27-2)19-21-14(11-29-19)10-28-18-9-13(20)7-8-16(18)23(25)26/h3-9,11H,10H2,1-2H3. The Morgan fingerprint density at radius 3 is 2.72 bits per heavy atom. The maximum Gasteiger partial charge on any atom is 0.311 e. The van der Waals surface area contributed by atoms with Gasteiger partial charge in [-0.1, -0.05) is 12.1 Å². The molecule has 1 amide bonds. The van der Waals surface area contributed by atoms with E-state index in [4.69, 9.17) is 9.47 Å². The smallest absolute Gasteiger partial charge is 0.311 e. The third-order valence-corrected chi connectivity index (χ3v) is 4.74. The summed E-state index contributed by atoms with van der Waals surface area (Å²) in [4.78, 5) is 28.4. The minimum Gasteiger partial charge on any atom is -0.495 e. The van der Waals surface area contributed by atoms with E-state index in [1.165, 1.54) is 30.3 Å². The lowest BCUT2D eigenvalue weighted by Crippen LogP contribution is -2.23. The van der Waals surface area contributed by atoms with E-state index < -0.39 is 10.7 Å². The third-order valence-electron chi connectivity index (χ3n) is 3.87. The molecule has 3 rings (SSSR count). The number of hydrogen-bond acceptors (Lipinski definition) is 7. The molecule has 0 radical (unpaired) electrons. The number of nitro groups is 1. The van der Waals surface area contributed by atoms with Crippen molar-refractivity contribution in [2.45, 2.75) is 13.5 Å². The van der Waals surface area contributed by atoms with Gasteiger partial charge in [0, 0.05) is 24.4 Å². The van der Waals surface area contributed by atoms with Gasteiger partial charge >= 0.3 is 5.69 Å². The molecule has 0 saturated heterocycles. The number of anilines is 2. The second kappa shape index (κ2) is 8.65. The van der Waals surface area contributed by atoms with Crippen molar-refractivity contribution >= 4 is 33.8 Å². The van der Waals surface area contributed by atoms with Crippen LogP contribution in [0.5, 0.6) is 11.5 Å². The minimum atomic E-state index is -0.652. The Balaban J connectivity index is 1.84. The average molecular weight is 417 g/mol. The molecule has 10 heteroatoms. The zero-order valence-corrected chi connectivity index (χ0v) is 16.3. The van der Waals surface area contributed by atoms with Crippen LogP contribution >= 0.6 is 11.3 Å². The van der Waals surface area contributed by atoms with Crippen molar-refractivity contribution in [3.8, 4) is 11.5 Å². The van der Waals surface area contributed by atoms with E-state index in [1.807, 2.05) is 0 Å². The molecule has 1 heterocycles. The predicted octanol–water partition coefficient (Wildman–Crippen LogP) is 4.46. The Kier molecular flexibility index (Phi) is 6.03. The van der Waals surface area contributed by atoms with E-state index >= 15 is 0 Å². The van der Waals surface area contributed by atoms with Crippen LogP contribution < -0.4 is 14.4 Å². The number of methoxy groups -OCH3 is 1. The molecule has 0 spiro atoms. The highest BCUT2D eigenvalue weighted by Gasteiger charge is 2.22. The molecule has 0 aliphatic heterocycles. The summed E-state index contributed by atoms with van der Waals surface area (Å²) < 4.78 is 24.1. The Morgan fingerprint density at radius 2 is 2.03 bits per heavy atom. The van der Waals surface area contributed by atoms with Gasteiger partial charge in [-0.25, -0.2) is 9.37 Å². The molecule has 3 aromatic rings. The normalized spacial score (nSPS) is 10.4. The van der Waals surface area contributed by atoms with Crippen LogP contribution in [0.3, 0.4) is 0 Å². The predicted molar refractivity (Wildman–Crippen MR) is 105 cm³/mol. The van der Waals surface area contributed by atoms with Crippen LogP contribution in [-0.4, -0.2) is 22.9 Å². The maximum absolute atomic E-state index is 13.4. The molecule has 150 valence electrons. The van der Waals surface area contributed by atoms with Crippen molar-refractivity contribution in [2.75, 3.05) is 12.0 Å². The lowest BCUT2D eigenvalue weighted by atomic mass is 10.2. The fourth-order valence-electron chi connectivity index (χ4n) is 2.59. The number of nitrogens with zero attached hydrogens (tertiary/aromatic N) is 3. The molecule has 29 heavy (non-hydrogen) atoms. The molecule has 0 atom stereocenters. The van der Waals surface area contributed by atoms with Gasteiger partial charge in [-0.05, 0) is 18.2 Å². The number of rotatable bonds is 7. The number of carbonyl (C=O) groups excluding carboxylic acids is 1. The number of nitro benzene ring substituents is 1. The summed E-state index contributed by atoms with van der Waals surface area (Å²) in [5, 5.41) is 13.1. The summed E-state index contributed by atoms with van der Waals surface area (Å²) in [7, 11) is 1.50. The number of thiazole rings is 1. The van der Waals surface area contributed by atoms with Gasteiger partial charge in [0.2, 0.25) is 5.91 Å². The van der Waals surface area contributed by atoms with Crippen LogP contribution in [0.4, 0.5) is 20.9 Å². The largest absolute Gasteiger partial charge is 0.495 e. The number of aromatic nitrogens is 1. The summed E-state index contributed by atoms with van der Waals surface area (Å²) >= 11 is 1.20. The summed E-state index contributed by atoms with van der Waals surface area (Å²) in [6.07, 6.45) is 0. The molecule has 0 aliphatic carbocycles. The van der Waals surface area contributed by atoms with E-state index in [0.717, 1.165) is 18.2 Å². The topological polar surface area (TPSA) is 94.8 Å². The second-order valence-corrected chi connectivity index (χ2v) is 6.64. The molecule has 0 aliphatic rings. The molecule has 0 N–H and O–H groups in total. The number of ether oxygens (including phenoxy) is 2. The van der Waals surface area contributed by atoms with Crippen molar-refractivity contribution in [1.29, 1.82) is 0 Å². The van der Waals surface area contributed by atoms with Crippen molar-refractivity contribution in [1.82, 2.24) is 4.98 Å². The number of hydrogen-bond donors (Lipinski definition) is 0. The van der Waals surface area contributed by atoms with Gasteiger partial charge in [-0.2, -0.15) is 0 Å². The number of halogens is 1. The quantitative estimate of drug-likeness (QED) is 0.416. The van der Waals surface area contributed by atoms with E-state index in [9.17, 15) is 19.3 Å². The summed E-state index contributed by atoms with van der Waals surface area (Å²) in [5.41, 5.74) is 0.621. The van der Waals surface area contributed by atoms with E-state index in [-0.39, 0.29) is 24.0 Å². The maximum atomic E-state index is 13.4. The van der Waals surface area contributed by atoms with Crippen molar-refractivity contribution in [3.05, 3.63) is 69.5 Å². The Hall–Kier alpha value is -3.53. The van der Waals surface area contributed by atoms with Crippen LogP contribution in [-0.2, 0) is 11.4 Å². The SMILES string of the molecule is COc1ccccc1N(C(C)=O)c1nc(COc2cc(F)ccc2[N+](=O)[O-])cs1. The molecular formula is C19H16FN3O5S. The zero-order chi connectivity index (χ0) is 21.0. The van der Waals surface area contributed by atoms with Crippen LogP contribution in [0.15, 0.2) is 47.8 Å². The average Bonchev–Trinajstić information content (AvgIpc) is 3.15. The lowest BCUT2D eigenvalue weighted by Gasteiger charge is -2.20. The monoisotopic (exact) mass is 417 g/mol. The molecular weight excluding hydrogens is 401 g/mol. The summed E-state index contributed by atoms with van der Waals surface area (Å²) in [6.45, 7) is 1.28. The van der Waals surface area contributed by atoms with E-state index in [1.54, 1.807) is 29.6 Å². The molecule has 0 unspecified atom stereocenters. The zero-order valence-electron chi connectivity index (χ0n) is 15.5. The molecule has 8 nitrogen and oxygen atoms in total. The molecule has 2 aromatic carbocycles. The lowest BCUT2D eigenvalue weighted by molar-refractivity contribution is -0.386. The van der Waals surface area contributed by atoms with Gasteiger partial charge in [0.1, 0.15) is 18.2 Å². The van der Waals surface area contributed by atoms with Crippen LogP contribution in [0.25, 0.3) is 0 Å². The van der Waals surface area contributed by atoms with E-state index in [0.29, 0.717) is 22.3 Å². The number of benzene rings is 2. The minimum absolute atomic E-state index is 0.127. The van der Waals surface area contributed by atoms with E-state index in [2.05, 4.69) is 4.98 Å². The highest BCUT2D eigenvalue weighted by Crippen LogP contribution is 2.36. The molecule has 0 saturated carbocycles. The summed E-state index contributed by atoms with van der Waals surface area (Å²) in [5.74, 6) is -0.607. The second-order valence-electron chi connectivity index (χ2n) is 5.81. The van der Waals surface area contributed by atoms with Gasteiger partial charge in [-0.15, -0.1) is 11.3 Å². The number of para-hydroxylation sites is 2. The van der Waals surface area contributed by atoms with Gasteiger partial charge < -0.3 is 9.47 Å². The number of amides is 1. The van der Waals surface area contributed by atoms with Gasteiger partial charge in [0.15, 0.2) is 10.9 Å². The first-order valence-corrected chi connectivity index (χ1v) is 9.23. The Bertz CT molecular complexity index is 1060.